The molecule has 0 aliphatic carbocycles. The number of nitrogens with zero attached hydrogens (tertiary/aromatic N) is 1. The van der Waals surface area contributed by atoms with Crippen LogP contribution in [0.2, 0.25) is 5.02 Å². The first-order chi connectivity index (χ1) is 13.1. The van der Waals surface area contributed by atoms with E-state index in [1.54, 1.807) is 0 Å². The van der Waals surface area contributed by atoms with Gasteiger partial charge in [0.1, 0.15) is 5.82 Å². The number of hydrogen-bond acceptors (Lipinski definition) is 2. The average molecular weight is 415 g/mol. The molecule has 0 bridgehead atoms. The van der Waals surface area contributed by atoms with Gasteiger partial charge in [0.05, 0.1) is 16.1 Å². The lowest BCUT2D eigenvalue weighted by atomic mass is 10.1. The minimum absolute atomic E-state index is 0.0713. The highest BCUT2D eigenvalue weighted by Crippen LogP contribution is 2.32. The summed E-state index contributed by atoms with van der Waals surface area (Å²) in [6.07, 6.45) is -4.07. The van der Waals surface area contributed by atoms with Crippen molar-refractivity contribution < 1.29 is 27.2 Å². The van der Waals surface area contributed by atoms with Crippen molar-refractivity contribution in [2.45, 2.75) is 18.6 Å². The molecule has 1 aliphatic heterocycles. The van der Waals surface area contributed by atoms with E-state index in [1.807, 2.05) is 0 Å². The summed E-state index contributed by atoms with van der Waals surface area (Å²) in [4.78, 5) is 26.3. The molecule has 0 spiro atoms. The first kappa shape index (κ1) is 20.1. The van der Waals surface area contributed by atoms with Gasteiger partial charge in [-0.05, 0) is 48.9 Å². The highest BCUT2D eigenvalue weighted by Gasteiger charge is 2.32. The zero-order valence-corrected chi connectivity index (χ0v) is 15.1. The second-order valence-electron chi connectivity index (χ2n) is 6.41. The molecule has 0 unspecified atom stereocenters. The van der Waals surface area contributed by atoms with Crippen LogP contribution in [0.15, 0.2) is 42.5 Å². The van der Waals surface area contributed by atoms with Gasteiger partial charge in [0.2, 0.25) is 0 Å². The molecule has 4 nitrogen and oxygen atoms in total. The minimum Gasteiger partial charge on any atom is -0.347 e. The first-order valence-corrected chi connectivity index (χ1v) is 8.75. The highest BCUT2D eigenvalue weighted by atomic mass is 35.5. The Labute approximate surface area is 163 Å². The molecule has 0 aromatic heterocycles. The summed E-state index contributed by atoms with van der Waals surface area (Å²) in [7, 11) is 0. The molecule has 1 fully saturated rings. The van der Waals surface area contributed by atoms with E-state index in [1.165, 1.54) is 29.2 Å². The van der Waals surface area contributed by atoms with Crippen molar-refractivity contribution in [3.8, 4) is 0 Å². The van der Waals surface area contributed by atoms with E-state index in [4.69, 9.17) is 11.6 Å². The van der Waals surface area contributed by atoms with Gasteiger partial charge in [-0.3, -0.25) is 9.59 Å². The van der Waals surface area contributed by atoms with Gasteiger partial charge in [-0.1, -0.05) is 11.6 Å². The fourth-order valence-electron chi connectivity index (χ4n) is 2.98. The largest absolute Gasteiger partial charge is 0.416 e. The molecule has 1 saturated heterocycles. The number of benzene rings is 2. The number of carbonyl (C=O) groups is 2. The van der Waals surface area contributed by atoms with E-state index in [0.717, 1.165) is 12.1 Å². The Hall–Kier alpha value is -2.61. The Morgan fingerprint density at radius 2 is 1.79 bits per heavy atom. The van der Waals surface area contributed by atoms with Crippen molar-refractivity contribution in [3.05, 3.63) is 70.0 Å². The van der Waals surface area contributed by atoms with Crippen molar-refractivity contribution in [1.29, 1.82) is 0 Å². The standard InChI is InChI=1S/C19H15ClF4N2O2/c20-16-9-12(19(22,23)24)3-6-15(16)17(27)25-14-7-8-26(10-14)18(28)11-1-4-13(21)5-2-11/h1-6,9,14H,7-8,10H2,(H,25,27)/t14-/m0/s1. The summed E-state index contributed by atoms with van der Waals surface area (Å²) >= 11 is 5.83. The maximum Gasteiger partial charge on any atom is 0.416 e. The summed E-state index contributed by atoms with van der Waals surface area (Å²) in [6.45, 7) is 0.627. The molecule has 2 aromatic carbocycles. The smallest absolute Gasteiger partial charge is 0.347 e. The third-order valence-corrected chi connectivity index (χ3v) is 4.76. The minimum atomic E-state index is -4.55. The van der Waals surface area contributed by atoms with E-state index < -0.39 is 23.5 Å². The summed E-state index contributed by atoms with van der Waals surface area (Å²) in [5, 5.41) is 2.38. The average Bonchev–Trinajstić information content (AvgIpc) is 3.09. The number of amides is 2. The fraction of sp³-hybridized carbons (Fsp3) is 0.263. The summed E-state index contributed by atoms with van der Waals surface area (Å²) in [5.74, 6) is -1.35. The molecule has 28 heavy (non-hydrogen) atoms. The molecular formula is C19H15ClF4N2O2. The zero-order chi connectivity index (χ0) is 20.5. The lowest BCUT2D eigenvalue weighted by Gasteiger charge is -2.17. The van der Waals surface area contributed by atoms with E-state index in [-0.39, 0.29) is 29.1 Å². The number of nitrogens with one attached hydrogen (secondary N) is 1. The molecule has 3 rings (SSSR count). The predicted molar refractivity (Wildman–Crippen MR) is 94.6 cm³/mol. The molecule has 2 aromatic rings. The van der Waals surface area contributed by atoms with E-state index >= 15 is 0 Å². The number of alkyl halides is 3. The van der Waals surface area contributed by atoms with E-state index in [9.17, 15) is 27.2 Å². The van der Waals surface area contributed by atoms with Gasteiger partial charge in [0.15, 0.2) is 0 Å². The molecule has 148 valence electrons. The molecule has 9 heteroatoms. The Morgan fingerprint density at radius 1 is 1.11 bits per heavy atom. The van der Waals surface area contributed by atoms with Crippen LogP contribution in [0.3, 0.4) is 0 Å². The summed E-state index contributed by atoms with van der Waals surface area (Å²) in [5.41, 5.74) is -0.678. The van der Waals surface area contributed by atoms with Crippen LogP contribution in [0.5, 0.6) is 0 Å². The molecule has 0 radical (unpaired) electrons. The Morgan fingerprint density at radius 3 is 2.39 bits per heavy atom. The van der Waals surface area contributed by atoms with Crippen LogP contribution in [-0.2, 0) is 6.18 Å². The van der Waals surface area contributed by atoms with Crippen LogP contribution in [0.25, 0.3) is 0 Å². The molecule has 1 atom stereocenters. The fourth-order valence-corrected chi connectivity index (χ4v) is 3.24. The van der Waals surface area contributed by atoms with Gasteiger partial charge in [0.25, 0.3) is 11.8 Å². The summed E-state index contributed by atoms with van der Waals surface area (Å²) in [6, 6.07) is 7.29. The van der Waals surface area contributed by atoms with Gasteiger partial charge in [-0.25, -0.2) is 4.39 Å². The van der Waals surface area contributed by atoms with Crippen LogP contribution >= 0.6 is 11.6 Å². The third-order valence-electron chi connectivity index (χ3n) is 4.44. The van der Waals surface area contributed by atoms with E-state index in [2.05, 4.69) is 5.32 Å². The maximum absolute atomic E-state index is 13.0. The second kappa shape index (κ2) is 7.79. The van der Waals surface area contributed by atoms with Gasteiger partial charge >= 0.3 is 6.18 Å². The van der Waals surface area contributed by atoms with Gasteiger partial charge < -0.3 is 10.2 Å². The van der Waals surface area contributed by atoms with Crippen molar-refractivity contribution in [3.63, 3.8) is 0 Å². The van der Waals surface area contributed by atoms with E-state index in [0.29, 0.717) is 24.6 Å². The van der Waals surface area contributed by atoms with Crippen LogP contribution in [0, 0.1) is 5.82 Å². The number of halogens is 5. The number of likely N-dealkylation sites (tertiary alicyclic amines) is 1. The van der Waals surface area contributed by atoms with Crippen molar-refractivity contribution >= 4 is 23.4 Å². The van der Waals surface area contributed by atoms with Crippen LogP contribution in [-0.4, -0.2) is 35.8 Å². The Balaban J connectivity index is 1.63. The lowest BCUT2D eigenvalue weighted by molar-refractivity contribution is -0.137. The van der Waals surface area contributed by atoms with Crippen molar-refractivity contribution in [2.75, 3.05) is 13.1 Å². The monoisotopic (exact) mass is 414 g/mol. The zero-order valence-electron chi connectivity index (χ0n) is 14.4. The van der Waals surface area contributed by atoms with Crippen LogP contribution < -0.4 is 5.32 Å². The van der Waals surface area contributed by atoms with Crippen LogP contribution in [0.4, 0.5) is 17.6 Å². The quantitative estimate of drug-likeness (QED) is 0.767. The van der Waals surface area contributed by atoms with Crippen molar-refractivity contribution in [1.82, 2.24) is 10.2 Å². The first-order valence-electron chi connectivity index (χ1n) is 8.37. The topological polar surface area (TPSA) is 49.4 Å². The van der Waals surface area contributed by atoms with Gasteiger partial charge in [-0.2, -0.15) is 13.2 Å². The number of carbonyl (C=O) groups excluding carboxylic acids is 2. The van der Waals surface area contributed by atoms with Crippen molar-refractivity contribution in [2.24, 2.45) is 0 Å². The molecule has 2 amide bonds. The molecule has 1 N–H and O–H groups in total. The molecule has 1 aliphatic rings. The molecular weight excluding hydrogens is 400 g/mol. The summed E-state index contributed by atoms with van der Waals surface area (Å²) < 4.78 is 51.0. The highest BCUT2D eigenvalue weighted by molar-refractivity contribution is 6.33. The Bertz CT molecular complexity index is 900. The normalized spacial score (nSPS) is 16.9. The number of rotatable bonds is 3. The maximum atomic E-state index is 13.0. The second-order valence-corrected chi connectivity index (χ2v) is 6.82. The Kier molecular flexibility index (Phi) is 5.60. The predicted octanol–water partition coefficient (Wildman–Crippen LogP) is 4.14. The van der Waals surface area contributed by atoms with Crippen LogP contribution in [0.1, 0.15) is 32.7 Å². The molecule has 0 saturated carbocycles. The molecule has 1 heterocycles. The lowest BCUT2D eigenvalue weighted by Crippen LogP contribution is -2.38. The third kappa shape index (κ3) is 4.44. The van der Waals surface area contributed by atoms with Gasteiger partial charge in [-0.15, -0.1) is 0 Å². The SMILES string of the molecule is O=C(N[C@H]1CCN(C(=O)c2ccc(F)cc2)C1)c1ccc(C(F)(F)F)cc1Cl. The number of hydrogen-bond donors (Lipinski definition) is 1. The van der Waals surface area contributed by atoms with Gasteiger partial charge in [0, 0.05) is 24.7 Å².